The van der Waals surface area contributed by atoms with E-state index >= 15 is 0 Å². The fourth-order valence-electron chi connectivity index (χ4n) is 3.72. The molecule has 0 spiro atoms. The predicted molar refractivity (Wildman–Crippen MR) is 96.9 cm³/mol. The number of methoxy groups -OCH3 is 2. The lowest BCUT2D eigenvalue weighted by molar-refractivity contribution is -0.146. The number of hydrogen-bond acceptors (Lipinski definition) is 5. The lowest BCUT2D eigenvalue weighted by Gasteiger charge is -2.31. The Morgan fingerprint density at radius 1 is 1.11 bits per heavy atom. The van der Waals surface area contributed by atoms with Crippen molar-refractivity contribution in [3.63, 3.8) is 0 Å². The van der Waals surface area contributed by atoms with Gasteiger partial charge in [0.2, 0.25) is 11.8 Å². The summed E-state index contributed by atoms with van der Waals surface area (Å²) in [5.74, 6) is -0.699. The van der Waals surface area contributed by atoms with Gasteiger partial charge in [-0.3, -0.25) is 14.4 Å². The molecule has 1 aromatic carbocycles. The lowest BCUT2D eigenvalue weighted by atomic mass is 9.95. The molecule has 2 heterocycles. The molecule has 1 N–H and O–H groups in total. The summed E-state index contributed by atoms with van der Waals surface area (Å²) in [4.78, 5) is 39.7. The fraction of sp³-hybridized carbons (Fsp3) is 0.526. The Balaban J connectivity index is 1.69. The highest BCUT2D eigenvalue weighted by Gasteiger charge is 2.39. The summed E-state index contributed by atoms with van der Waals surface area (Å²) in [6, 6.07) is 5.20. The molecule has 1 atom stereocenters. The minimum absolute atomic E-state index is 0.0813. The first kappa shape index (κ1) is 19.0. The van der Waals surface area contributed by atoms with E-state index in [1.54, 1.807) is 35.1 Å². The van der Waals surface area contributed by atoms with Crippen molar-refractivity contribution < 1.29 is 29.0 Å². The summed E-state index contributed by atoms with van der Waals surface area (Å²) in [7, 11) is 3.08. The maximum Gasteiger partial charge on any atom is 0.306 e. The number of nitrogens with zero attached hydrogens (tertiary/aromatic N) is 2. The van der Waals surface area contributed by atoms with Crippen molar-refractivity contribution in [2.24, 2.45) is 11.8 Å². The molecule has 8 heteroatoms. The van der Waals surface area contributed by atoms with Crippen LogP contribution in [-0.2, 0) is 14.4 Å². The molecule has 146 valence electrons. The fourth-order valence-corrected chi connectivity index (χ4v) is 3.72. The van der Waals surface area contributed by atoms with Crippen molar-refractivity contribution in [2.45, 2.75) is 19.3 Å². The highest BCUT2D eigenvalue weighted by atomic mass is 16.5. The van der Waals surface area contributed by atoms with Crippen molar-refractivity contribution in [1.29, 1.82) is 0 Å². The van der Waals surface area contributed by atoms with Gasteiger partial charge in [0, 0.05) is 32.1 Å². The zero-order chi connectivity index (χ0) is 19.6. The van der Waals surface area contributed by atoms with Crippen LogP contribution in [0.2, 0.25) is 0 Å². The van der Waals surface area contributed by atoms with E-state index < -0.39 is 11.9 Å². The summed E-state index contributed by atoms with van der Waals surface area (Å²) in [6.07, 6.45) is 1.06. The van der Waals surface area contributed by atoms with Crippen LogP contribution in [0.3, 0.4) is 0 Å². The minimum atomic E-state index is -0.809. The van der Waals surface area contributed by atoms with E-state index in [-0.39, 0.29) is 24.2 Å². The van der Waals surface area contributed by atoms with Crippen LogP contribution in [0.1, 0.15) is 19.3 Å². The smallest absolute Gasteiger partial charge is 0.306 e. The van der Waals surface area contributed by atoms with E-state index in [1.165, 1.54) is 7.11 Å². The Kier molecular flexibility index (Phi) is 5.53. The molecule has 2 aliphatic heterocycles. The molecule has 27 heavy (non-hydrogen) atoms. The van der Waals surface area contributed by atoms with Gasteiger partial charge in [-0.2, -0.15) is 0 Å². The van der Waals surface area contributed by atoms with Crippen LogP contribution in [0, 0.1) is 11.8 Å². The van der Waals surface area contributed by atoms with Gasteiger partial charge in [-0.05, 0) is 25.0 Å². The van der Waals surface area contributed by atoms with E-state index in [2.05, 4.69) is 0 Å². The monoisotopic (exact) mass is 376 g/mol. The number of anilines is 1. The van der Waals surface area contributed by atoms with Crippen LogP contribution in [0.5, 0.6) is 11.5 Å². The van der Waals surface area contributed by atoms with Crippen molar-refractivity contribution in [2.75, 3.05) is 38.8 Å². The van der Waals surface area contributed by atoms with Gasteiger partial charge in [0.25, 0.3) is 0 Å². The van der Waals surface area contributed by atoms with Gasteiger partial charge >= 0.3 is 5.97 Å². The molecule has 1 unspecified atom stereocenters. The van der Waals surface area contributed by atoms with Crippen LogP contribution in [0.15, 0.2) is 18.2 Å². The summed E-state index contributed by atoms with van der Waals surface area (Å²) in [5, 5.41) is 9.08. The Hall–Kier alpha value is -2.77. The summed E-state index contributed by atoms with van der Waals surface area (Å²) >= 11 is 0. The number of carboxylic acid groups (broad SMARTS) is 1. The second kappa shape index (κ2) is 7.85. The first-order chi connectivity index (χ1) is 12.9. The standard InChI is InChI=1S/C19H24N2O6/c1-26-14-3-4-15(16(10-14)27-2)21-11-13(9-17(21)22)18(23)20-7-5-12(6-8-20)19(24)25/h3-4,10,12-13H,5-9,11H2,1-2H3,(H,24,25). The molecular formula is C19H24N2O6. The summed E-state index contributed by atoms with van der Waals surface area (Å²) < 4.78 is 10.5. The normalized spacial score (nSPS) is 20.7. The van der Waals surface area contributed by atoms with Gasteiger partial charge in [-0.1, -0.05) is 0 Å². The van der Waals surface area contributed by atoms with Crippen molar-refractivity contribution in [3.8, 4) is 11.5 Å². The zero-order valence-electron chi connectivity index (χ0n) is 15.5. The second-order valence-corrected chi connectivity index (χ2v) is 6.88. The molecule has 2 amide bonds. The van der Waals surface area contributed by atoms with Gasteiger partial charge in [0.1, 0.15) is 11.5 Å². The highest BCUT2D eigenvalue weighted by Crippen LogP contribution is 2.36. The lowest BCUT2D eigenvalue weighted by Crippen LogP contribution is -2.43. The van der Waals surface area contributed by atoms with E-state index in [0.717, 1.165) is 0 Å². The Morgan fingerprint density at radius 3 is 2.41 bits per heavy atom. The molecule has 8 nitrogen and oxygen atoms in total. The van der Waals surface area contributed by atoms with Crippen molar-refractivity contribution >= 4 is 23.5 Å². The first-order valence-corrected chi connectivity index (χ1v) is 8.98. The summed E-state index contributed by atoms with van der Waals surface area (Å²) in [5.41, 5.74) is 0.614. The van der Waals surface area contributed by atoms with Crippen LogP contribution in [0.25, 0.3) is 0 Å². The Morgan fingerprint density at radius 2 is 1.81 bits per heavy atom. The Bertz CT molecular complexity index is 742. The number of benzene rings is 1. The van der Waals surface area contributed by atoms with Crippen molar-refractivity contribution in [1.82, 2.24) is 4.90 Å². The van der Waals surface area contributed by atoms with Gasteiger partial charge in [-0.25, -0.2) is 0 Å². The summed E-state index contributed by atoms with van der Waals surface area (Å²) in [6.45, 7) is 1.14. The average Bonchev–Trinajstić information content (AvgIpc) is 3.08. The molecule has 0 radical (unpaired) electrons. The van der Waals surface area contributed by atoms with Crippen LogP contribution < -0.4 is 14.4 Å². The number of carbonyl (C=O) groups is 3. The number of piperidine rings is 1. The Labute approximate surface area is 157 Å². The van der Waals surface area contributed by atoms with Crippen LogP contribution in [-0.4, -0.2) is 61.6 Å². The topological polar surface area (TPSA) is 96.4 Å². The van der Waals surface area contributed by atoms with Gasteiger partial charge in [0.05, 0.1) is 31.7 Å². The number of likely N-dealkylation sites (tertiary alicyclic amines) is 1. The number of carbonyl (C=O) groups excluding carboxylic acids is 2. The largest absolute Gasteiger partial charge is 0.497 e. The quantitative estimate of drug-likeness (QED) is 0.834. The highest BCUT2D eigenvalue weighted by molar-refractivity contribution is 6.01. The van der Waals surface area contributed by atoms with E-state index in [1.807, 2.05) is 0 Å². The number of rotatable bonds is 5. The average molecular weight is 376 g/mol. The van der Waals surface area contributed by atoms with Crippen LogP contribution in [0.4, 0.5) is 5.69 Å². The molecule has 0 aliphatic carbocycles. The predicted octanol–water partition coefficient (Wildman–Crippen LogP) is 1.38. The van der Waals surface area contributed by atoms with Gasteiger partial charge < -0.3 is 24.4 Å². The van der Waals surface area contributed by atoms with E-state index in [4.69, 9.17) is 14.6 Å². The van der Waals surface area contributed by atoms with E-state index in [0.29, 0.717) is 49.7 Å². The molecule has 0 bridgehead atoms. The van der Waals surface area contributed by atoms with Crippen LogP contribution >= 0.6 is 0 Å². The number of carboxylic acids is 1. The molecule has 2 saturated heterocycles. The maximum absolute atomic E-state index is 12.8. The maximum atomic E-state index is 12.8. The number of aliphatic carboxylic acids is 1. The van der Waals surface area contributed by atoms with E-state index in [9.17, 15) is 14.4 Å². The molecule has 1 aromatic rings. The molecule has 2 fully saturated rings. The number of ether oxygens (including phenoxy) is 2. The minimum Gasteiger partial charge on any atom is -0.497 e. The third kappa shape index (κ3) is 3.84. The number of hydrogen-bond donors (Lipinski definition) is 1. The first-order valence-electron chi connectivity index (χ1n) is 8.98. The van der Waals surface area contributed by atoms with Gasteiger partial charge in [-0.15, -0.1) is 0 Å². The second-order valence-electron chi connectivity index (χ2n) is 6.88. The van der Waals surface area contributed by atoms with Gasteiger partial charge in [0.15, 0.2) is 0 Å². The molecule has 0 saturated carbocycles. The number of amides is 2. The zero-order valence-corrected chi connectivity index (χ0v) is 15.5. The van der Waals surface area contributed by atoms with Crippen molar-refractivity contribution in [3.05, 3.63) is 18.2 Å². The SMILES string of the molecule is COc1ccc(N2CC(C(=O)N3CCC(C(=O)O)CC3)CC2=O)c(OC)c1. The molecule has 2 aliphatic rings. The third-order valence-electron chi connectivity index (χ3n) is 5.31. The third-order valence-corrected chi connectivity index (χ3v) is 5.31. The molecule has 3 rings (SSSR count). The molecule has 0 aromatic heterocycles. The molecular weight excluding hydrogens is 352 g/mol.